The van der Waals surface area contributed by atoms with Gasteiger partial charge in [-0.1, -0.05) is 18.6 Å². The Morgan fingerprint density at radius 1 is 1.43 bits per heavy atom. The van der Waals surface area contributed by atoms with E-state index in [-0.39, 0.29) is 25.2 Å². The van der Waals surface area contributed by atoms with E-state index in [1.807, 2.05) is 20.0 Å². The topological polar surface area (TPSA) is 69.6 Å². The summed E-state index contributed by atoms with van der Waals surface area (Å²) in [7, 11) is -1.70. The van der Waals surface area contributed by atoms with Crippen molar-refractivity contribution in [3.63, 3.8) is 0 Å². The minimum atomic E-state index is -3.54. The number of nitrogens with one attached hydrogen (secondary N) is 1. The number of benzene rings is 1. The molecule has 5 nitrogen and oxygen atoms in total. The molecule has 0 bridgehead atoms. The summed E-state index contributed by atoms with van der Waals surface area (Å²) in [4.78, 5) is 0.308. The minimum absolute atomic E-state index is 0.0347. The van der Waals surface area contributed by atoms with Crippen molar-refractivity contribution < 1.29 is 13.5 Å². The molecule has 1 aliphatic carbocycles. The molecule has 21 heavy (non-hydrogen) atoms. The average molecular weight is 312 g/mol. The number of rotatable bonds is 7. The summed E-state index contributed by atoms with van der Waals surface area (Å²) in [6, 6.07) is 7.17. The van der Waals surface area contributed by atoms with Gasteiger partial charge in [0.15, 0.2) is 0 Å². The first-order valence-electron chi connectivity index (χ1n) is 7.40. The minimum Gasteiger partial charge on any atom is -0.395 e. The Labute approximate surface area is 127 Å². The van der Waals surface area contributed by atoms with Crippen LogP contribution in [0.4, 0.5) is 0 Å². The first-order chi connectivity index (χ1) is 10.0. The molecule has 1 aliphatic rings. The summed E-state index contributed by atoms with van der Waals surface area (Å²) in [6.07, 6.45) is 2.82. The van der Waals surface area contributed by atoms with Crippen LogP contribution < -0.4 is 5.32 Å². The standard InChI is InChI=1S/C15H24N2O3S/c1-12(16-2)13-5-3-8-15(11-13)21(19,20)17(9-10-18)14-6-4-7-14/h3,5,8,11-12,14,16,18H,4,6-7,9-10H2,1-2H3. The second kappa shape index (κ2) is 6.87. The van der Waals surface area contributed by atoms with Crippen molar-refractivity contribution in [2.24, 2.45) is 0 Å². The van der Waals surface area contributed by atoms with Gasteiger partial charge in [-0.3, -0.25) is 0 Å². The maximum atomic E-state index is 12.8. The van der Waals surface area contributed by atoms with Crippen LogP contribution in [-0.2, 0) is 10.0 Å². The predicted molar refractivity (Wildman–Crippen MR) is 82.5 cm³/mol. The molecule has 0 radical (unpaired) electrons. The molecule has 1 unspecified atom stereocenters. The molecule has 1 atom stereocenters. The molecular formula is C15H24N2O3S. The van der Waals surface area contributed by atoms with Gasteiger partial charge in [0, 0.05) is 18.6 Å². The number of hydrogen-bond donors (Lipinski definition) is 2. The van der Waals surface area contributed by atoms with Gasteiger partial charge < -0.3 is 10.4 Å². The van der Waals surface area contributed by atoms with E-state index in [2.05, 4.69) is 5.32 Å². The molecule has 0 saturated heterocycles. The second-order valence-electron chi connectivity index (χ2n) is 5.51. The average Bonchev–Trinajstić information content (AvgIpc) is 2.44. The zero-order valence-electron chi connectivity index (χ0n) is 12.6. The van der Waals surface area contributed by atoms with Gasteiger partial charge in [-0.25, -0.2) is 8.42 Å². The molecule has 1 aromatic carbocycles. The molecule has 6 heteroatoms. The molecule has 1 fully saturated rings. The van der Waals surface area contributed by atoms with Crippen LogP contribution in [0.1, 0.15) is 37.8 Å². The Balaban J connectivity index is 2.32. The van der Waals surface area contributed by atoms with Crippen molar-refractivity contribution in [1.82, 2.24) is 9.62 Å². The summed E-state index contributed by atoms with van der Waals surface area (Å²) in [5.41, 5.74) is 0.941. The highest BCUT2D eigenvalue weighted by atomic mass is 32.2. The van der Waals surface area contributed by atoms with Crippen LogP contribution >= 0.6 is 0 Å². The SMILES string of the molecule is CNC(C)c1cccc(S(=O)(=O)N(CCO)C2CCC2)c1. The lowest BCUT2D eigenvalue weighted by molar-refractivity contribution is 0.178. The van der Waals surface area contributed by atoms with Gasteiger partial charge in [0.2, 0.25) is 10.0 Å². The molecule has 2 N–H and O–H groups in total. The highest BCUT2D eigenvalue weighted by molar-refractivity contribution is 7.89. The molecule has 118 valence electrons. The van der Waals surface area contributed by atoms with E-state index in [1.54, 1.807) is 18.2 Å². The molecule has 0 heterocycles. The van der Waals surface area contributed by atoms with Crippen molar-refractivity contribution in [2.45, 2.75) is 43.2 Å². The normalized spacial score (nSPS) is 17.7. The van der Waals surface area contributed by atoms with Gasteiger partial charge in [-0.2, -0.15) is 4.31 Å². The highest BCUT2D eigenvalue weighted by Crippen LogP contribution is 2.30. The van der Waals surface area contributed by atoms with Crippen molar-refractivity contribution in [1.29, 1.82) is 0 Å². The largest absolute Gasteiger partial charge is 0.395 e. The molecule has 0 spiro atoms. The molecule has 0 amide bonds. The van der Waals surface area contributed by atoms with E-state index in [0.717, 1.165) is 24.8 Å². The number of aliphatic hydroxyl groups is 1. The lowest BCUT2D eigenvalue weighted by Gasteiger charge is -2.36. The van der Waals surface area contributed by atoms with Gasteiger partial charge in [0.05, 0.1) is 11.5 Å². The van der Waals surface area contributed by atoms with Crippen LogP contribution in [0.3, 0.4) is 0 Å². The quantitative estimate of drug-likeness (QED) is 0.800. The van der Waals surface area contributed by atoms with Gasteiger partial charge in [-0.15, -0.1) is 0 Å². The lowest BCUT2D eigenvalue weighted by Crippen LogP contribution is -2.45. The second-order valence-corrected chi connectivity index (χ2v) is 7.40. The fourth-order valence-electron chi connectivity index (χ4n) is 2.52. The summed E-state index contributed by atoms with van der Waals surface area (Å²) in [5, 5.41) is 12.3. The zero-order valence-corrected chi connectivity index (χ0v) is 13.4. The lowest BCUT2D eigenvalue weighted by atomic mass is 9.93. The van der Waals surface area contributed by atoms with Gasteiger partial charge in [-0.05, 0) is 44.5 Å². The Morgan fingerprint density at radius 2 is 2.14 bits per heavy atom. The maximum absolute atomic E-state index is 12.8. The number of hydrogen-bond acceptors (Lipinski definition) is 4. The van der Waals surface area contributed by atoms with Crippen LogP contribution in [0.2, 0.25) is 0 Å². The molecule has 1 saturated carbocycles. The maximum Gasteiger partial charge on any atom is 0.243 e. The third-order valence-electron chi connectivity index (χ3n) is 4.20. The monoisotopic (exact) mass is 312 g/mol. The number of aliphatic hydroxyl groups excluding tert-OH is 1. The molecular weight excluding hydrogens is 288 g/mol. The van der Waals surface area contributed by atoms with Crippen molar-refractivity contribution >= 4 is 10.0 Å². The van der Waals surface area contributed by atoms with E-state index in [0.29, 0.717) is 4.90 Å². The first kappa shape index (κ1) is 16.4. The van der Waals surface area contributed by atoms with Crippen LogP contribution in [0.25, 0.3) is 0 Å². The van der Waals surface area contributed by atoms with E-state index >= 15 is 0 Å². The summed E-state index contributed by atoms with van der Waals surface area (Å²) < 4.78 is 27.1. The Hall–Kier alpha value is -0.950. The summed E-state index contributed by atoms with van der Waals surface area (Å²) in [6.45, 7) is 2.00. The number of nitrogens with zero attached hydrogens (tertiary/aromatic N) is 1. The van der Waals surface area contributed by atoms with E-state index in [1.165, 1.54) is 4.31 Å². The van der Waals surface area contributed by atoms with Crippen LogP contribution in [0, 0.1) is 0 Å². The molecule has 0 aromatic heterocycles. The summed E-state index contributed by atoms with van der Waals surface area (Å²) >= 11 is 0. The number of sulfonamides is 1. The zero-order chi connectivity index (χ0) is 15.5. The molecule has 0 aliphatic heterocycles. The van der Waals surface area contributed by atoms with Gasteiger partial charge in [0.25, 0.3) is 0 Å². The van der Waals surface area contributed by atoms with E-state index < -0.39 is 10.0 Å². The van der Waals surface area contributed by atoms with Gasteiger partial charge >= 0.3 is 0 Å². The highest BCUT2D eigenvalue weighted by Gasteiger charge is 2.34. The predicted octanol–water partition coefficient (Wildman–Crippen LogP) is 1.50. The van der Waals surface area contributed by atoms with Crippen LogP contribution in [0.5, 0.6) is 0 Å². The fraction of sp³-hybridized carbons (Fsp3) is 0.600. The van der Waals surface area contributed by atoms with E-state index in [9.17, 15) is 13.5 Å². The van der Waals surface area contributed by atoms with Crippen molar-refractivity contribution in [2.75, 3.05) is 20.2 Å². The smallest absolute Gasteiger partial charge is 0.243 e. The Morgan fingerprint density at radius 3 is 2.67 bits per heavy atom. The first-order valence-corrected chi connectivity index (χ1v) is 8.84. The fourth-order valence-corrected chi connectivity index (χ4v) is 4.25. The molecule has 1 aromatic rings. The third kappa shape index (κ3) is 3.45. The Kier molecular flexibility index (Phi) is 5.37. The molecule has 2 rings (SSSR count). The Bertz CT molecular complexity index is 570. The summed E-state index contributed by atoms with van der Waals surface area (Å²) in [5.74, 6) is 0. The third-order valence-corrected chi connectivity index (χ3v) is 6.15. The van der Waals surface area contributed by atoms with E-state index in [4.69, 9.17) is 0 Å². The van der Waals surface area contributed by atoms with Crippen molar-refractivity contribution in [3.8, 4) is 0 Å². The van der Waals surface area contributed by atoms with Crippen molar-refractivity contribution in [3.05, 3.63) is 29.8 Å². The van der Waals surface area contributed by atoms with Gasteiger partial charge in [0.1, 0.15) is 0 Å². The van der Waals surface area contributed by atoms with Crippen LogP contribution in [0.15, 0.2) is 29.2 Å². The van der Waals surface area contributed by atoms with Crippen LogP contribution in [-0.4, -0.2) is 44.1 Å².